The van der Waals surface area contributed by atoms with Gasteiger partial charge in [-0.25, -0.2) is 26.5 Å². The molecule has 1 aromatic carbocycles. The Kier molecular flexibility index (Phi) is 6.89. The monoisotopic (exact) mass is 365 g/mol. The molecule has 0 aromatic heterocycles. The maximum Gasteiger partial charge on any atom is 0.246 e. The SMILES string of the molecule is C=C(C)C(=O)NCCNS(=O)c1c(F)c(F)c(N=[N+]=[N-])c(F)c1F. The van der Waals surface area contributed by atoms with Crippen LogP contribution in [0.5, 0.6) is 0 Å². The smallest absolute Gasteiger partial charge is 0.246 e. The summed E-state index contributed by atoms with van der Waals surface area (Å²) in [5, 5.41) is 4.86. The highest BCUT2D eigenvalue weighted by Gasteiger charge is 2.28. The first-order valence-corrected chi connectivity index (χ1v) is 7.37. The van der Waals surface area contributed by atoms with Crippen LogP contribution in [0.1, 0.15) is 6.92 Å². The van der Waals surface area contributed by atoms with Gasteiger partial charge in [-0.2, -0.15) is 0 Å². The lowest BCUT2D eigenvalue weighted by atomic mass is 10.2. The van der Waals surface area contributed by atoms with E-state index in [0.29, 0.717) is 0 Å². The summed E-state index contributed by atoms with van der Waals surface area (Å²) >= 11 is 0. The predicted molar refractivity (Wildman–Crippen MR) is 77.3 cm³/mol. The molecule has 0 aliphatic rings. The molecule has 0 aliphatic heterocycles. The zero-order valence-corrected chi connectivity index (χ0v) is 13.0. The van der Waals surface area contributed by atoms with Crippen molar-refractivity contribution in [2.75, 3.05) is 13.1 Å². The molecule has 0 fully saturated rings. The third kappa shape index (κ3) is 4.31. The van der Waals surface area contributed by atoms with Gasteiger partial charge >= 0.3 is 0 Å². The van der Waals surface area contributed by atoms with Gasteiger partial charge in [-0.15, -0.1) is 0 Å². The van der Waals surface area contributed by atoms with Crippen molar-refractivity contribution in [2.45, 2.75) is 11.8 Å². The van der Waals surface area contributed by atoms with E-state index in [-0.39, 0.29) is 18.7 Å². The van der Waals surface area contributed by atoms with Crippen molar-refractivity contribution in [3.63, 3.8) is 0 Å². The van der Waals surface area contributed by atoms with Gasteiger partial charge in [0.25, 0.3) is 0 Å². The second-order valence-electron chi connectivity index (χ2n) is 4.32. The van der Waals surface area contributed by atoms with Crippen molar-refractivity contribution in [3.8, 4) is 0 Å². The Morgan fingerprint density at radius 2 is 1.75 bits per heavy atom. The number of rotatable bonds is 7. The zero-order chi connectivity index (χ0) is 18.4. The third-order valence-electron chi connectivity index (χ3n) is 2.56. The minimum atomic E-state index is -2.65. The number of amides is 1. The molecule has 0 spiro atoms. The van der Waals surface area contributed by atoms with Crippen LogP contribution in [0.25, 0.3) is 10.4 Å². The van der Waals surface area contributed by atoms with Crippen molar-refractivity contribution in [2.24, 2.45) is 5.11 Å². The minimum Gasteiger partial charge on any atom is -0.351 e. The maximum absolute atomic E-state index is 13.7. The first-order chi connectivity index (χ1) is 11.2. The number of nitrogens with one attached hydrogen (secondary N) is 2. The molecule has 1 amide bonds. The van der Waals surface area contributed by atoms with E-state index in [4.69, 9.17) is 5.53 Å². The summed E-state index contributed by atoms with van der Waals surface area (Å²) in [6.45, 7) is 4.52. The summed E-state index contributed by atoms with van der Waals surface area (Å²) in [6.07, 6.45) is 0. The van der Waals surface area contributed by atoms with E-state index in [0.717, 1.165) is 0 Å². The van der Waals surface area contributed by atoms with E-state index in [1.165, 1.54) is 6.92 Å². The fourth-order valence-electron chi connectivity index (χ4n) is 1.44. The van der Waals surface area contributed by atoms with Gasteiger partial charge in [0.05, 0.1) is 0 Å². The first kappa shape index (κ1) is 19.6. The number of carbonyl (C=O) groups excluding carboxylic acids is 1. The van der Waals surface area contributed by atoms with Crippen LogP contribution in [0.15, 0.2) is 22.2 Å². The van der Waals surface area contributed by atoms with Crippen molar-refractivity contribution in [1.82, 2.24) is 10.0 Å². The summed E-state index contributed by atoms with van der Waals surface area (Å²) in [5.41, 5.74) is 6.84. The zero-order valence-electron chi connectivity index (χ0n) is 12.2. The number of halogens is 4. The molecule has 1 aromatic rings. The first-order valence-electron chi connectivity index (χ1n) is 6.22. The number of nitrogens with zero attached hydrogens (tertiary/aromatic N) is 3. The predicted octanol–water partition coefficient (Wildman–Crippen LogP) is 2.49. The Morgan fingerprint density at radius 1 is 1.21 bits per heavy atom. The summed E-state index contributed by atoms with van der Waals surface area (Å²) in [7, 11) is -2.65. The van der Waals surface area contributed by atoms with Gasteiger partial charge in [-0.1, -0.05) is 11.7 Å². The van der Waals surface area contributed by atoms with E-state index < -0.39 is 50.7 Å². The molecule has 24 heavy (non-hydrogen) atoms. The van der Waals surface area contributed by atoms with Crippen LogP contribution in [0.4, 0.5) is 23.2 Å². The molecule has 2 N–H and O–H groups in total. The number of benzene rings is 1. The summed E-state index contributed by atoms with van der Waals surface area (Å²) in [5.74, 6) is -8.32. The molecule has 0 bridgehead atoms. The molecule has 0 radical (unpaired) electrons. The molecule has 0 saturated carbocycles. The van der Waals surface area contributed by atoms with Gasteiger partial charge < -0.3 is 5.32 Å². The third-order valence-corrected chi connectivity index (χ3v) is 3.76. The van der Waals surface area contributed by atoms with E-state index in [9.17, 15) is 26.6 Å². The summed E-state index contributed by atoms with van der Waals surface area (Å²) in [4.78, 5) is 11.8. The largest absolute Gasteiger partial charge is 0.351 e. The molecule has 0 saturated heterocycles. The molecule has 12 heteroatoms. The Bertz CT molecular complexity index is 735. The highest BCUT2D eigenvalue weighted by Crippen LogP contribution is 2.31. The Balaban J connectivity index is 2.94. The van der Waals surface area contributed by atoms with E-state index >= 15 is 0 Å². The molecule has 1 rings (SSSR count). The topological polar surface area (TPSA) is 107 Å². The second kappa shape index (κ2) is 8.43. The lowest BCUT2D eigenvalue weighted by Crippen LogP contribution is -2.33. The fraction of sp³-hybridized carbons (Fsp3) is 0.250. The van der Waals surface area contributed by atoms with Crippen molar-refractivity contribution >= 4 is 22.6 Å². The van der Waals surface area contributed by atoms with Gasteiger partial charge in [0.15, 0.2) is 23.3 Å². The number of hydrogen-bond acceptors (Lipinski definition) is 3. The summed E-state index contributed by atoms with van der Waals surface area (Å²) in [6, 6.07) is 0. The van der Waals surface area contributed by atoms with Gasteiger partial charge in [0.1, 0.15) is 21.6 Å². The van der Waals surface area contributed by atoms with Crippen LogP contribution in [0.2, 0.25) is 0 Å². The highest BCUT2D eigenvalue weighted by molar-refractivity contribution is 7.83. The molecule has 1 atom stereocenters. The molecular weight excluding hydrogens is 354 g/mol. The van der Waals surface area contributed by atoms with Crippen LogP contribution in [-0.2, 0) is 15.8 Å². The van der Waals surface area contributed by atoms with Crippen LogP contribution < -0.4 is 10.0 Å². The molecule has 1 unspecified atom stereocenters. The Labute approximate surface area is 135 Å². The number of azide groups is 1. The molecule has 7 nitrogen and oxygen atoms in total. The van der Waals surface area contributed by atoms with Crippen LogP contribution >= 0.6 is 0 Å². The number of hydrogen-bond donors (Lipinski definition) is 2. The van der Waals surface area contributed by atoms with Crippen molar-refractivity contribution in [1.29, 1.82) is 0 Å². The summed E-state index contributed by atoms with van der Waals surface area (Å²) < 4.78 is 68.5. The van der Waals surface area contributed by atoms with Gasteiger partial charge in [0, 0.05) is 23.6 Å². The van der Waals surface area contributed by atoms with Gasteiger partial charge in [-0.3, -0.25) is 4.79 Å². The van der Waals surface area contributed by atoms with Crippen LogP contribution in [-0.4, -0.2) is 23.2 Å². The van der Waals surface area contributed by atoms with E-state index in [1.54, 1.807) is 0 Å². The maximum atomic E-state index is 13.7. The molecule has 0 aliphatic carbocycles. The second-order valence-corrected chi connectivity index (χ2v) is 5.56. The fourth-order valence-corrected chi connectivity index (χ4v) is 2.37. The van der Waals surface area contributed by atoms with Gasteiger partial charge in [0.2, 0.25) is 5.91 Å². The lowest BCUT2D eigenvalue weighted by molar-refractivity contribution is -0.117. The highest BCUT2D eigenvalue weighted by atomic mass is 32.2. The molecular formula is C12H11F4N5O2S. The van der Waals surface area contributed by atoms with Crippen molar-refractivity contribution in [3.05, 3.63) is 45.9 Å². The molecule has 130 valence electrons. The Hall–Kier alpha value is -2.43. The average molecular weight is 365 g/mol. The van der Waals surface area contributed by atoms with Crippen molar-refractivity contribution < 1.29 is 26.6 Å². The minimum absolute atomic E-state index is 0.0809. The Morgan fingerprint density at radius 3 is 2.21 bits per heavy atom. The quantitative estimate of drug-likeness (QED) is 0.147. The molecule has 0 heterocycles. The lowest BCUT2D eigenvalue weighted by Gasteiger charge is -2.10. The normalized spacial score (nSPS) is 11.5. The van der Waals surface area contributed by atoms with E-state index in [1.807, 2.05) is 4.91 Å². The van der Waals surface area contributed by atoms with Crippen LogP contribution in [0.3, 0.4) is 0 Å². The number of carbonyl (C=O) groups is 1. The van der Waals surface area contributed by atoms with Crippen LogP contribution in [0, 0.1) is 23.3 Å². The average Bonchev–Trinajstić information content (AvgIpc) is 2.53. The standard InChI is InChI=1S/C12H11F4N5O2S/c1-5(2)12(22)18-3-4-19-24(23)11-8(15)6(13)10(20-21-17)7(14)9(11)16/h19H,1,3-4H2,2H3,(H,18,22). The van der Waals surface area contributed by atoms with E-state index in [2.05, 4.69) is 21.7 Å². The van der Waals surface area contributed by atoms with Gasteiger partial charge in [-0.05, 0) is 12.5 Å².